The first-order valence-electron chi connectivity index (χ1n) is 5.21. The minimum absolute atomic E-state index is 0.299. The van der Waals surface area contributed by atoms with Crippen LogP contribution in [0.4, 0.5) is 5.13 Å². The Bertz CT molecular complexity index is 345. The number of carboxylic acid groups (broad SMARTS) is 1. The lowest BCUT2D eigenvalue weighted by Gasteiger charge is -2.22. The van der Waals surface area contributed by atoms with Gasteiger partial charge in [-0.2, -0.15) is 0 Å². The quantitative estimate of drug-likeness (QED) is 0.831. The van der Waals surface area contributed by atoms with E-state index in [9.17, 15) is 4.79 Å². The lowest BCUT2D eigenvalue weighted by Crippen LogP contribution is -2.21. The second-order valence-corrected chi connectivity index (χ2v) is 4.84. The van der Waals surface area contributed by atoms with Crippen molar-refractivity contribution in [3.8, 4) is 0 Å². The van der Waals surface area contributed by atoms with Gasteiger partial charge in [0.2, 0.25) is 0 Å². The van der Waals surface area contributed by atoms with Crippen molar-refractivity contribution in [3.63, 3.8) is 0 Å². The van der Waals surface area contributed by atoms with Gasteiger partial charge in [0.1, 0.15) is 4.88 Å². The molecule has 1 aliphatic rings. The fourth-order valence-electron chi connectivity index (χ4n) is 1.86. The molecule has 0 unspecified atom stereocenters. The summed E-state index contributed by atoms with van der Waals surface area (Å²) in [6, 6.07) is 0.478. The molecule has 0 spiro atoms. The summed E-state index contributed by atoms with van der Waals surface area (Å²) in [4.78, 5) is 15.0. The number of carbonyl (C=O) groups is 1. The number of carboxylic acids is 1. The van der Waals surface area contributed by atoms with Crippen molar-refractivity contribution in [2.75, 3.05) is 5.32 Å². The van der Waals surface area contributed by atoms with Crippen LogP contribution in [0, 0.1) is 0 Å². The van der Waals surface area contributed by atoms with Crippen molar-refractivity contribution in [1.29, 1.82) is 0 Å². The standard InChI is InChI=1S/C10H14N2O2S/c13-9(14)8-6-11-10(15-8)12-7-4-2-1-3-5-7/h6-7H,1-5H2,(H,11,12)(H,13,14). The van der Waals surface area contributed by atoms with Crippen LogP contribution in [-0.2, 0) is 0 Å². The van der Waals surface area contributed by atoms with Gasteiger partial charge in [0.25, 0.3) is 0 Å². The molecule has 5 heteroatoms. The molecule has 1 heterocycles. The van der Waals surface area contributed by atoms with Crippen LogP contribution >= 0.6 is 11.3 Å². The van der Waals surface area contributed by atoms with Gasteiger partial charge in [-0.1, -0.05) is 30.6 Å². The van der Waals surface area contributed by atoms with Crippen LogP contribution in [-0.4, -0.2) is 22.1 Å². The van der Waals surface area contributed by atoms with Crippen LogP contribution in [0.1, 0.15) is 41.8 Å². The van der Waals surface area contributed by atoms with Crippen molar-refractivity contribution in [1.82, 2.24) is 4.98 Å². The normalized spacial score (nSPS) is 17.6. The Morgan fingerprint density at radius 3 is 2.80 bits per heavy atom. The Morgan fingerprint density at radius 1 is 1.47 bits per heavy atom. The number of anilines is 1. The van der Waals surface area contributed by atoms with E-state index >= 15 is 0 Å². The summed E-state index contributed by atoms with van der Waals surface area (Å²) in [6.45, 7) is 0. The van der Waals surface area contributed by atoms with Gasteiger partial charge in [0.05, 0.1) is 6.20 Å². The minimum Gasteiger partial charge on any atom is -0.477 e. The Balaban J connectivity index is 1.94. The summed E-state index contributed by atoms with van der Waals surface area (Å²) in [5.74, 6) is -0.899. The molecule has 1 saturated carbocycles. The average Bonchev–Trinajstić information content (AvgIpc) is 2.68. The Hall–Kier alpha value is -1.10. The summed E-state index contributed by atoms with van der Waals surface area (Å²) in [5.41, 5.74) is 0. The zero-order valence-corrected chi connectivity index (χ0v) is 9.22. The number of nitrogens with zero attached hydrogens (tertiary/aromatic N) is 1. The van der Waals surface area contributed by atoms with Crippen molar-refractivity contribution in [2.45, 2.75) is 38.1 Å². The largest absolute Gasteiger partial charge is 0.477 e. The molecule has 0 bridgehead atoms. The molecule has 2 N–H and O–H groups in total. The minimum atomic E-state index is -0.899. The first-order valence-corrected chi connectivity index (χ1v) is 6.03. The molecule has 15 heavy (non-hydrogen) atoms. The van der Waals surface area contributed by atoms with Crippen molar-refractivity contribution >= 4 is 22.4 Å². The molecule has 0 amide bonds. The molecule has 0 aromatic carbocycles. The number of aromatic carboxylic acids is 1. The van der Waals surface area contributed by atoms with Gasteiger partial charge in [-0.15, -0.1) is 0 Å². The maximum atomic E-state index is 10.6. The second-order valence-electron chi connectivity index (χ2n) is 3.81. The molecule has 0 atom stereocenters. The predicted octanol–water partition coefficient (Wildman–Crippen LogP) is 2.59. The Labute approximate surface area is 92.3 Å². The van der Waals surface area contributed by atoms with Gasteiger partial charge >= 0.3 is 5.97 Å². The second kappa shape index (κ2) is 4.61. The van der Waals surface area contributed by atoms with E-state index in [1.165, 1.54) is 49.6 Å². The van der Waals surface area contributed by atoms with E-state index in [1.807, 2.05) is 0 Å². The third kappa shape index (κ3) is 2.68. The van der Waals surface area contributed by atoms with Gasteiger partial charge < -0.3 is 10.4 Å². The van der Waals surface area contributed by atoms with E-state index < -0.39 is 5.97 Å². The highest BCUT2D eigenvalue weighted by Gasteiger charge is 2.15. The van der Waals surface area contributed by atoms with Crippen molar-refractivity contribution in [3.05, 3.63) is 11.1 Å². The smallest absolute Gasteiger partial charge is 0.347 e. The summed E-state index contributed by atoms with van der Waals surface area (Å²) in [6.07, 6.45) is 7.59. The van der Waals surface area contributed by atoms with Crippen molar-refractivity contribution < 1.29 is 9.90 Å². The molecule has 1 aromatic heterocycles. The van der Waals surface area contributed by atoms with E-state index in [4.69, 9.17) is 5.11 Å². The van der Waals surface area contributed by atoms with Gasteiger partial charge in [-0.25, -0.2) is 9.78 Å². The number of aromatic nitrogens is 1. The lowest BCUT2D eigenvalue weighted by atomic mass is 9.96. The maximum Gasteiger partial charge on any atom is 0.347 e. The molecular weight excluding hydrogens is 212 g/mol. The number of thiazole rings is 1. The molecular formula is C10H14N2O2S. The number of hydrogen-bond donors (Lipinski definition) is 2. The molecule has 1 aromatic rings. The molecule has 0 aliphatic heterocycles. The molecule has 1 aliphatic carbocycles. The van der Waals surface area contributed by atoms with E-state index in [1.54, 1.807) is 0 Å². The molecule has 0 saturated heterocycles. The topological polar surface area (TPSA) is 62.2 Å². The summed E-state index contributed by atoms with van der Waals surface area (Å²) < 4.78 is 0. The Morgan fingerprint density at radius 2 is 2.20 bits per heavy atom. The molecule has 82 valence electrons. The molecule has 1 fully saturated rings. The Kier molecular flexibility index (Phi) is 3.20. The van der Waals surface area contributed by atoms with E-state index in [0.29, 0.717) is 10.9 Å². The van der Waals surface area contributed by atoms with Crippen LogP contribution < -0.4 is 5.32 Å². The predicted molar refractivity (Wildman–Crippen MR) is 59.6 cm³/mol. The number of nitrogens with one attached hydrogen (secondary N) is 1. The monoisotopic (exact) mass is 226 g/mol. The third-order valence-electron chi connectivity index (χ3n) is 2.65. The highest BCUT2D eigenvalue weighted by Crippen LogP contribution is 2.24. The number of rotatable bonds is 3. The van der Waals surface area contributed by atoms with Gasteiger partial charge in [0.15, 0.2) is 5.13 Å². The van der Waals surface area contributed by atoms with Gasteiger partial charge in [-0.05, 0) is 12.8 Å². The van der Waals surface area contributed by atoms with E-state index in [-0.39, 0.29) is 0 Å². The van der Waals surface area contributed by atoms with Crippen LogP contribution in [0.15, 0.2) is 6.20 Å². The fourth-order valence-corrected chi connectivity index (χ4v) is 2.59. The van der Waals surface area contributed by atoms with Crippen LogP contribution in [0.3, 0.4) is 0 Å². The highest BCUT2D eigenvalue weighted by atomic mass is 32.1. The maximum absolute atomic E-state index is 10.6. The SMILES string of the molecule is O=C(O)c1cnc(NC2CCCCC2)s1. The highest BCUT2D eigenvalue weighted by molar-refractivity contribution is 7.17. The molecule has 2 rings (SSSR count). The zero-order valence-electron chi connectivity index (χ0n) is 8.40. The molecule has 0 radical (unpaired) electrons. The fraction of sp³-hybridized carbons (Fsp3) is 0.600. The zero-order chi connectivity index (χ0) is 10.7. The van der Waals surface area contributed by atoms with Crippen LogP contribution in [0.2, 0.25) is 0 Å². The lowest BCUT2D eigenvalue weighted by molar-refractivity contribution is 0.0702. The molecule has 4 nitrogen and oxygen atoms in total. The summed E-state index contributed by atoms with van der Waals surface area (Å²) >= 11 is 1.21. The average molecular weight is 226 g/mol. The first kappa shape index (κ1) is 10.4. The van der Waals surface area contributed by atoms with E-state index in [2.05, 4.69) is 10.3 Å². The number of hydrogen-bond acceptors (Lipinski definition) is 4. The van der Waals surface area contributed by atoms with Gasteiger partial charge in [-0.3, -0.25) is 0 Å². The van der Waals surface area contributed by atoms with Gasteiger partial charge in [0, 0.05) is 6.04 Å². The van der Waals surface area contributed by atoms with E-state index in [0.717, 1.165) is 5.13 Å². The van der Waals surface area contributed by atoms with Crippen molar-refractivity contribution in [2.24, 2.45) is 0 Å². The van der Waals surface area contributed by atoms with Crippen LogP contribution in [0.5, 0.6) is 0 Å². The summed E-state index contributed by atoms with van der Waals surface area (Å²) in [7, 11) is 0. The summed E-state index contributed by atoms with van der Waals surface area (Å²) in [5, 5.41) is 12.8. The first-order chi connectivity index (χ1) is 7.25. The van der Waals surface area contributed by atoms with Crippen LogP contribution in [0.25, 0.3) is 0 Å². The third-order valence-corrected chi connectivity index (χ3v) is 3.57.